The van der Waals surface area contributed by atoms with Crippen LogP contribution in [0.15, 0.2) is 46.9 Å². The highest BCUT2D eigenvalue weighted by Crippen LogP contribution is 2.38. The van der Waals surface area contributed by atoms with E-state index >= 15 is 0 Å². The van der Waals surface area contributed by atoms with Gasteiger partial charge in [0.05, 0.1) is 10.6 Å². The highest BCUT2D eigenvalue weighted by atomic mass is 32.2. The summed E-state index contributed by atoms with van der Waals surface area (Å²) in [4.78, 5) is 29.2. The Kier molecular flexibility index (Phi) is 4.11. The lowest BCUT2D eigenvalue weighted by Gasteiger charge is -2.15. The summed E-state index contributed by atoms with van der Waals surface area (Å²) in [6.07, 6.45) is 1.67. The molecular weight excluding hydrogens is 392 g/mol. The first-order valence-corrected chi connectivity index (χ1v) is 9.42. The van der Waals surface area contributed by atoms with Gasteiger partial charge in [-0.1, -0.05) is 30.3 Å². The van der Waals surface area contributed by atoms with Gasteiger partial charge in [-0.3, -0.25) is 14.0 Å². The van der Waals surface area contributed by atoms with E-state index in [1.54, 1.807) is 36.6 Å². The number of imidazole rings is 1. The van der Waals surface area contributed by atoms with E-state index in [9.17, 15) is 30.3 Å². The molecule has 1 aliphatic rings. The highest BCUT2D eigenvalue weighted by Gasteiger charge is 2.39. The molecule has 0 saturated carbocycles. The number of hydrogen-bond acceptors (Lipinski definition) is 8. The van der Waals surface area contributed by atoms with Gasteiger partial charge in [-0.05, 0) is 11.8 Å². The number of aliphatic hydroxyl groups excluding tert-OH is 2. The van der Waals surface area contributed by atoms with Crippen molar-refractivity contribution >= 4 is 29.0 Å². The molecule has 2 heterocycles. The van der Waals surface area contributed by atoms with Crippen molar-refractivity contribution in [3.05, 3.63) is 64.4 Å². The van der Waals surface area contributed by atoms with Crippen LogP contribution in [-0.4, -0.2) is 37.4 Å². The third-order valence-electron chi connectivity index (χ3n) is 4.58. The van der Waals surface area contributed by atoms with Gasteiger partial charge in [-0.25, -0.2) is 4.98 Å². The Labute approximate surface area is 168 Å². The smallest absolute Gasteiger partial charge is 0.252 e. The second-order valence-electron chi connectivity index (χ2n) is 6.05. The number of fused-ring (bicyclic) bond motifs is 3. The van der Waals surface area contributed by atoms with Crippen molar-refractivity contribution in [2.24, 2.45) is 0 Å². The molecular formula is C20H10N4O4S. The molecule has 1 aromatic carbocycles. The van der Waals surface area contributed by atoms with Crippen LogP contribution < -0.4 is 0 Å². The number of ketones is 2. The van der Waals surface area contributed by atoms with E-state index in [4.69, 9.17) is 0 Å². The number of nitriles is 2. The lowest BCUT2D eigenvalue weighted by molar-refractivity contribution is 0.0874. The minimum atomic E-state index is -1.10. The summed E-state index contributed by atoms with van der Waals surface area (Å²) < 4.78 is 1.23. The van der Waals surface area contributed by atoms with Crippen LogP contribution in [0, 0.1) is 22.7 Å². The summed E-state index contributed by atoms with van der Waals surface area (Å²) in [5.41, 5.74) is 0.371. The van der Waals surface area contributed by atoms with Gasteiger partial charge in [0, 0.05) is 5.56 Å². The second-order valence-corrected chi connectivity index (χ2v) is 6.84. The lowest BCUT2D eigenvalue weighted by Crippen LogP contribution is -2.23. The van der Waals surface area contributed by atoms with E-state index in [0.717, 1.165) is 11.8 Å². The van der Waals surface area contributed by atoms with E-state index in [-0.39, 0.29) is 33.2 Å². The number of rotatable bonds is 2. The molecule has 0 amide bonds. The van der Waals surface area contributed by atoms with Crippen molar-refractivity contribution in [2.75, 3.05) is 6.26 Å². The van der Waals surface area contributed by atoms with Crippen molar-refractivity contribution in [1.82, 2.24) is 9.38 Å². The van der Waals surface area contributed by atoms with Crippen LogP contribution in [0.1, 0.15) is 32.1 Å². The normalized spacial score (nSPS) is 13.3. The molecule has 9 heteroatoms. The zero-order valence-electron chi connectivity index (χ0n) is 14.8. The molecule has 2 N–H and O–H groups in total. The Balaban J connectivity index is 2.26. The second kappa shape index (κ2) is 6.51. The van der Waals surface area contributed by atoms with Crippen LogP contribution in [0.5, 0.6) is 0 Å². The average Bonchev–Trinajstić information content (AvgIpc) is 3.15. The molecule has 0 aliphatic heterocycles. The molecule has 4 rings (SSSR count). The molecule has 0 unspecified atom stereocenters. The van der Waals surface area contributed by atoms with E-state index in [2.05, 4.69) is 11.1 Å². The van der Waals surface area contributed by atoms with E-state index in [1.165, 1.54) is 4.40 Å². The fourth-order valence-corrected chi connectivity index (χ4v) is 4.06. The first-order valence-electron chi connectivity index (χ1n) is 8.19. The molecule has 0 fully saturated rings. The third-order valence-corrected chi connectivity index (χ3v) is 5.36. The van der Waals surface area contributed by atoms with Gasteiger partial charge in [0.15, 0.2) is 5.65 Å². The summed E-state index contributed by atoms with van der Waals surface area (Å²) in [7, 11) is 0. The Morgan fingerprint density at radius 2 is 1.62 bits per heavy atom. The van der Waals surface area contributed by atoms with Crippen LogP contribution in [0.4, 0.5) is 0 Å². The van der Waals surface area contributed by atoms with E-state index in [0.29, 0.717) is 11.1 Å². The maximum Gasteiger partial charge on any atom is 0.252 e. The molecule has 0 radical (unpaired) electrons. The topological polar surface area (TPSA) is 139 Å². The molecule has 0 spiro atoms. The fourth-order valence-electron chi connectivity index (χ4n) is 3.34. The number of allylic oxidation sites excluding steroid dienone is 2. The van der Waals surface area contributed by atoms with Crippen LogP contribution >= 0.6 is 11.8 Å². The Morgan fingerprint density at radius 3 is 2.21 bits per heavy atom. The van der Waals surface area contributed by atoms with Gasteiger partial charge in [0.1, 0.15) is 29.1 Å². The van der Waals surface area contributed by atoms with Gasteiger partial charge < -0.3 is 10.2 Å². The van der Waals surface area contributed by atoms with Crippen molar-refractivity contribution in [3.8, 4) is 23.3 Å². The van der Waals surface area contributed by atoms with Crippen LogP contribution in [0.2, 0.25) is 0 Å². The summed E-state index contributed by atoms with van der Waals surface area (Å²) in [5.74, 6) is -4.24. The first kappa shape index (κ1) is 18.3. The predicted molar refractivity (Wildman–Crippen MR) is 103 cm³/mol. The molecule has 0 saturated heterocycles. The van der Waals surface area contributed by atoms with E-state index in [1.807, 2.05) is 6.07 Å². The molecule has 0 bridgehead atoms. The highest BCUT2D eigenvalue weighted by molar-refractivity contribution is 7.98. The molecule has 8 nitrogen and oxygen atoms in total. The minimum absolute atomic E-state index is 0.000436. The summed E-state index contributed by atoms with van der Waals surface area (Å²) in [5, 5.41) is 39.6. The maximum absolute atomic E-state index is 12.6. The number of Topliss-reactive ketones (excluding diaryl/α,β-unsaturated/α-hetero) is 2. The Morgan fingerprint density at radius 1 is 1.00 bits per heavy atom. The number of benzene rings is 1. The third kappa shape index (κ3) is 2.35. The average molecular weight is 402 g/mol. The van der Waals surface area contributed by atoms with Crippen molar-refractivity contribution in [2.45, 2.75) is 5.03 Å². The maximum atomic E-state index is 12.6. The number of hydrogen-bond donors (Lipinski definition) is 2. The number of carbonyl (C=O) groups excluding carboxylic acids is 2. The van der Waals surface area contributed by atoms with Crippen molar-refractivity contribution in [1.29, 1.82) is 10.5 Å². The predicted octanol–water partition coefficient (Wildman–Crippen LogP) is 3.17. The van der Waals surface area contributed by atoms with Gasteiger partial charge in [0.25, 0.3) is 11.6 Å². The van der Waals surface area contributed by atoms with Gasteiger partial charge >= 0.3 is 0 Å². The molecule has 1 aliphatic carbocycles. The Bertz CT molecular complexity index is 1360. The van der Waals surface area contributed by atoms with Gasteiger partial charge in [-0.15, -0.1) is 11.8 Å². The standard InChI is InChI=1S/C20H10N4O4S/c1-29-20-11(8-22)12(9-5-3-2-4-6-9)10(7-21)19-23-13-14(24(19)20)16(26)18(28)17(27)15(13)25/h2-6,27-28H,1H3. The molecule has 0 atom stereocenters. The van der Waals surface area contributed by atoms with Crippen LogP contribution in [0.25, 0.3) is 16.8 Å². The summed E-state index contributed by atoms with van der Waals surface area (Å²) in [6.45, 7) is 0. The summed E-state index contributed by atoms with van der Waals surface area (Å²) in [6, 6.07) is 12.9. The number of nitrogens with zero attached hydrogens (tertiary/aromatic N) is 4. The molecule has 3 aromatic rings. The number of pyridine rings is 1. The molecule has 140 valence electrons. The minimum Gasteiger partial charge on any atom is -0.501 e. The molecule has 29 heavy (non-hydrogen) atoms. The van der Waals surface area contributed by atoms with Crippen LogP contribution in [-0.2, 0) is 0 Å². The number of thioether (sulfide) groups is 1. The Hall–Kier alpha value is -4.08. The number of aliphatic hydroxyl groups is 2. The quantitative estimate of drug-likeness (QED) is 0.623. The van der Waals surface area contributed by atoms with Crippen LogP contribution in [0.3, 0.4) is 0 Å². The van der Waals surface area contributed by atoms with Crippen molar-refractivity contribution in [3.63, 3.8) is 0 Å². The lowest BCUT2D eigenvalue weighted by atomic mass is 9.97. The monoisotopic (exact) mass is 402 g/mol. The zero-order chi connectivity index (χ0) is 20.9. The van der Waals surface area contributed by atoms with Gasteiger partial charge in [0.2, 0.25) is 11.5 Å². The number of carbonyl (C=O) groups is 2. The SMILES string of the molecule is CSc1c(C#N)c(-c2ccccc2)c(C#N)c2nc3c(n12)C(=O)C(O)=C(O)C3=O. The van der Waals surface area contributed by atoms with Crippen molar-refractivity contribution < 1.29 is 19.8 Å². The largest absolute Gasteiger partial charge is 0.501 e. The number of aromatic nitrogens is 2. The fraction of sp³-hybridized carbons (Fsp3) is 0.0500. The molecule has 2 aromatic heterocycles. The zero-order valence-corrected chi connectivity index (χ0v) is 15.6. The van der Waals surface area contributed by atoms with E-state index < -0.39 is 23.1 Å². The van der Waals surface area contributed by atoms with Gasteiger partial charge in [-0.2, -0.15) is 10.5 Å². The summed E-state index contributed by atoms with van der Waals surface area (Å²) >= 11 is 1.13. The first-order chi connectivity index (χ1) is 14.0.